The van der Waals surface area contributed by atoms with Gasteiger partial charge >= 0.3 is 0 Å². The molecular weight excluding hydrogens is 252 g/mol. The molecule has 1 N–H and O–H groups in total. The van der Waals surface area contributed by atoms with Gasteiger partial charge in [0.2, 0.25) is 5.91 Å². The molecule has 0 bridgehead atoms. The topological polar surface area (TPSA) is 59.4 Å². The van der Waals surface area contributed by atoms with Gasteiger partial charge in [0.25, 0.3) is 0 Å². The van der Waals surface area contributed by atoms with Crippen LogP contribution < -0.4 is 5.32 Å². The molecule has 0 saturated carbocycles. The lowest BCUT2D eigenvalue weighted by Crippen LogP contribution is -2.55. The molecule has 2 unspecified atom stereocenters. The van der Waals surface area contributed by atoms with Gasteiger partial charge in [0.05, 0.1) is 24.7 Å². The van der Waals surface area contributed by atoms with Crippen molar-refractivity contribution >= 4 is 5.91 Å². The number of hydrogen-bond acceptors (Lipinski definition) is 4. The van der Waals surface area contributed by atoms with E-state index in [1.807, 2.05) is 6.92 Å². The Morgan fingerprint density at radius 1 is 1.35 bits per heavy atom. The number of amides is 1. The number of nitriles is 1. The minimum Gasteiger partial charge on any atom is -0.344 e. The van der Waals surface area contributed by atoms with Crippen LogP contribution >= 0.6 is 0 Å². The SMILES string of the molecule is C#CCNC(=O)C(C)N1CCN(C(C#N)CCC)CC1. The third-order valence-electron chi connectivity index (χ3n) is 3.79. The Kier molecular flexibility index (Phi) is 7.08. The molecule has 1 aliphatic heterocycles. The van der Waals surface area contributed by atoms with E-state index in [9.17, 15) is 10.1 Å². The van der Waals surface area contributed by atoms with Gasteiger partial charge in [0, 0.05) is 26.2 Å². The van der Waals surface area contributed by atoms with Crippen molar-refractivity contribution in [3.63, 3.8) is 0 Å². The quantitative estimate of drug-likeness (QED) is 0.715. The standard InChI is InChI=1S/C15H24N4O/c1-4-6-14(12-16)19-10-8-18(9-11-19)13(3)15(20)17-7-5-2/h2,13-14H,4,6-11H2,1,3H3,(H,17,20). The van der Waals surface area contributed by atoms with Gasteiger partial charge in [-0.15, -0.1) is 6.42 Å². The lowest BCUT2D eigenvalue weighted by molar-refractivity contribution is -0.126. The normalized spacial score (nSPS) is 19.6. The van der Waals surface area contributed by atoms with Crippen molar-refractivity contribution in [3.8, 4) is 18.4 Å². The highest BCUT2D eigenvalue weighted by molar-refractivity contribution is 5.81. The molecular formula is C15H24N4O. The number of terminal acetylenes is 1. The van der Waals surface area contributed by atoms with Crippen molar-refractivity contribution in [3.05, 3.63) is 0 Å². The third kappa shape index (κ3) is 4.52. The maximum Gasteiger partial charge on any atom is 0.237 e. The zero-order valence-corrected chi connectivity index (χ0v) is 12.4. The fraction of sp³-hybridized carbons (Fsp3) is 0.733. The predicted octanol–water partition coefficient (Wildman–Crippen LogP) is 0.434. The van der Waals surface area contributed by atoms with Crippen molar-refractivity contribution in [2.45, 2.75) is 38.8 Å². The van der Waals surface area contributed by atoms with Gasteiger partial charge in [-0.2, -0.15) is 5.26 Å². The van der Waals surface area contributed by atoms with E-state index in [-0.39, 0.29) is 24.5 Å². The lowest BCUT2D eigenvalue weighted by Gasteiger charge is -2.39. The van der Waals surface area contributed by atoms with E-state index in [1.54, 1.807) is 0 Å². The van der Waals surface area contributed by atoms with Crippen molar-refractivity contribution < 1.29 is 4.79 Å². The van der Waals surface area contributed by atoms with E-state index in [2.05, 4.69) is 34.0 Å². The second-order valence-corrected chi connectivity index (χ2v) is 5.10. The highest BCUT2D eigenvalue weighted by Crippen LogP contribution is 2.12. The van der Waals surface area contributed by atoms with Gasteiger partial charge in [0.1, 0.15) is 0 Å². The molecule has 0 spiro atoms. The summed E-state index contributed by atoms with van der Waals surface area (Å²) in [5, 5.41) is 11.9. The molecule has 0 aliphatic carbocycles. The van der Waals surface area contributed by atoms with Crippen LogP contribution in [0.3, 0.4) is 0 Å². The summed E-state index contributed by atoms with van der Waals surface area (Å²) in [6.07, 6.45) is 7.06. The molecule has 0 aromatic rings. The Bertz CT molecular complexity index is 388. The summed E-state index contributed by atoms with van der Waals surface area (Å²) in [6.45, 7) is 7.57. The molecule has 1 rings (SSSR count). The maximum atomic E-state index is 11.9. The summed E-state index contributed by atoms with van der Waals surface area (Å²) in [4.78, 5) is 16.2. The Balaban J connectivity index is 2.43. The molecule has 5 nitrogen and oxygen atoms in total. The molecule has 1 aliphatic rings. The molecule has 1 amide bonds. The van der Waals surface area contributed by atoms with Crippen LogP contribution in [0, 0.1) is 23.7 Å². The number of rotatable bonds is 6. The Hall–Kier alpha value is -1.56. The van der Waals surface area contributed by atoms with Crippen molar-refractivity contribution in [2.75, 3.05) is 32.7 Å². The first-order valence-corrected chi connectivity index (χ1v) is 7.22. The van der Waals surface area contributed by atoms with E-state index < -0.39 is 0 Å². The van der Waals surface area contributed by atoms with Crippen LogP contribution in [0.1, 0.15) is 26.7 Å². The van der Waals surface area contributed by atoms with E-state index >= 15 is 0 Å². The number of carbonyl (C=O) groups excluding carboxylic acids is 1. The van der Waals surface area contributed by atoms with Crippen LogP contribution in [-0.4, -0.2) is 60.5 Å². The Labute approximate surface area is 121 Å². The summed E-state index contributed by atoms with van der Waals surface area (Å²) in [6, 6.07) is 2.21. The summed E-state index contributed by atoms with van der Waals surface area (Å²) in [5.41, 5.74) is 0. The molecule has 0 aromatic heterocycles. The molecule has 2 atom stereocenters. The number of hydrogen-bond donors (Lipinski definition) is 1. The van der Waals surface area contributed by atoms with Gasteiger partial charge < -0.3 is 5.32 Å². The van der Waals surface area contributed by atoms with Gasteiger partial charge in [-0.3, -0.25) is 14.6 Å². The fourth-order valence-corrected chi connectivity index (χ4v) is 2.49. The minimum absolute atomic E-state index is 0.00715. The molecule has 110 valence electrons. The van der Waals surface area contributed by atoms with E-state index in [4.69, 9.17) is 6.42 Å². The van der Waals surface area contributed by atoms with Gasteiger partial charge in [0.15, 0.2) is 0 Å². The second kappa shape index (κ2) is 8.58. The summed E-state index contributed by atoms with van der Waals surface area (Å²) in [5.74, 6) is 2.38. The number of nitrogens with zero attached hydrogens (tertiary/aromatic N) is 3. The fourth-order valence-electron chi connectivity index (χ4n) is 2.49. The van der Waals surface area contributed by atoms with Crippen LogP contribution in [0.5, 0.6) is 0 Å². The molecule has 20 heavy (non-hydrogen) atoms. The van der Waals surface area contributed by atoms with E-state index in [0.29, 0.717) is 0 Å². The van der Waals surface area contributed by atoms with Crippen LogP contribution in [-0.2, 0) is 4.79 Å². The average Bonchev–Trinajstić information content (AvgIpc) is 2.49. The predicted molar refractivity (Wildman–Crippen MR) is 78.8 cm³/mol. The van der Waals surface area contributed by atoms with Gasteiger partial charge in [-0.1, -0.05) is 19.3 Å². The van der Waals surface area contributed by atoms with Crippen molar-refractivity contribution in [1.82, 2.24) is 15.1 Å². The number of carbonyl (C=O) groups is 1. The molecule has 1 saturated heterocycles. The molecule has 5 heteroatoms. The third-order valence-corrected chi connectivity index (χ3v) is 3.79. The lowest BCUT2D eigenvalue weighted by atomic mass is 10.1. The Morgan fingerprint density at radius 2 is 1.95 bits per heavy atom. The van der Waals surface area contributed by atoms with Crippen LogP contribution in [0.2, 0.25) is 0 Å². The molecule has 0 aromatic carbocycles. The number of nitrogens with one attached hydrogen (secondary N) is 1. The number of piperazine rings is 1. The minimum atomic E-state index is -0.169. The zero-order valence-electron chi connectivity index (χ0n) is 12.4. The molecule has 1 heterocycles. The second-order valence-electron chi connectivity index (χ2n) is 5.10. The highest BCUT2D eigenvalue weighted by Gasteiger charge is 2.28. The zero-order chi connectivity index (χ0) is 15.0. The molecule has 0 radical (unpaired) electrons. The summed E-state index contributed by atoms with van der Waals surface area (Å²) >= 11 is 0. The Morgan fingerprint density at radius 3 is 2.45 bits per heavy atom. The highest BCUT2D eigenvalue weighted by atomic mass is 16.2. The summed E-state index contributed by atoms with van der Waals surface area (Å²) in [7, 11) is 0. The largest absolute Gasteiger partial charge is 0.344 e. The first kappa shape index (κ1) is 16.5. The monoisotopic (exact) mass is 276 g/mol. The van der Waals surface area contributed by atoms with Gasteiger partial charge in [-0.05, 0) is 13.3 Å². The average molecular weight is 276 g/mol. The van der Waals surface area contributed by atoms with E-state index in [0.717, 1.165) is 39.0 Å². The van der Waals surface area contributed by atoms with Crippen LogP contribution in [0.25, 0.3) is 0 Å². The molecule has 1 fully saturated rings. The van der Waals surface area contributed by atoms with Crippen LogP contribution in [0.15, 0.2) is 0 Å². The first-order valence-electron chi connectivity index (χ1n) is 7.22. The van der Waals surface area contributed by atoms with Gasteiger partial charge in [-0.25, -0.2) is 0 Å². The first-order chi connectivity index (χ1) is 9.63. The van der Waals surface area contributed by atoms with Crippen molar-refractivity contribution in [1.29, 1.82) is 5.26 Å². The summed E-state index contributed by atoms with van der Waals surface area (Å²) < 4.78 is 0. The smallest absolute Gasteiger partial charge is 0.237 e. The van der Waals surface area contributed by atoms with Crippen LogP contribution in [0.4, 0.5) is 0 Å². The maximum absolute atomic E-state index is 11.9. The van der Waals surface area contributed by atoms with E-state index in [1.165, 1.54) is 0 Å². The van der Waals surface area contributed by atoms with Crippen molar-refractivity contribution in [2.24, 2.45) is 0 Å².